The first-order valence-electron chi connectivity index (χ1n) is 10.1. The molecule has 0 spiro atoms. The van der Waals surface area contributed by atoms with E-state index in [1.165, 1.54) is 11.6 Å². The number of benzene rings is 2. The molecule has 4 rings (SSSR count). The summed E-state index contributed by atoms with van der Waals surface area (Å²) < 4.78 is 17.7. The fourth-order valence-corrected chi connectivity index (χ4v) is 3.09. The molecule has 1 aliphatic rings. The number of esters is 1. The predicted molar refractivity (Wildman–Crippen MR) is 116 cm³/mol. The zero-order valence-corrected chi connectivity index (χ0v) is 17.9. The minimum atomic E-state index is -1.24. The Kier molecular flexibility index (Phi) is 6.20. The van der Waals surface area contributed by atoms with Crippen molar-refractivity contribution in [2.75, 3.05) is 18.5 Å². The lowest BCUT2D eigenvalue weighted by Crippen LogP contribution is -2.41. The summed E-state index contributed by atoms with van der Waals surface area (Å²) in [5.74, 6) is -0.438. The second-order valence-electron chi connectivity index (χ2n) is 7.12. The zero-order valence-electron chi connectivity index (χ0n) is 17.9. The van der Waals surface area contributed by atoms with Crippen LogP contribution in [0.2, 0.25) is 0 Å². The average molecular weight is 451 g/mol. The summed E-state index contributed by atoms with van der Waals surface area (Å²) >= 11 is 0. The number of carbonyl (C=O) groups is 3. The number of carbonyl (C=O) groups excluding carboxylic acids is 3. The van der Waals surface area contributed by atoms with Crippen molar-refractivity contribution in [1.29, 1.82) is 0 Å². The van der Waals surface area contributed by atoms with Crippen LogP contribution in [0.3, 0.4) is 0 Å². The number of rotatable bonds is 5. The fourth-order valence-electron chi connectivity index (χ4n) is 3.09. The number of urea groups is 1. The number of nitrogens with zero attached hydrogens (tertiary/aromatic N) is 3. The summed E-state index contributed by atoms with van der Waals surface area (Å²) in [6.07, 6.45) is -1.24. The Morgan fingerprint density at radius 2 is 1.79 bits per heavy atom. The normalized spacial score (nSPS) is 13.0. The van der Waals surface area contributed by atoms with E-state index in [-0.39, 0.29) is 5.69 Å². The highest BCUT2D eigenvalue weighted by Crippen LogP contribution is 2.32. The first-order chi connectivity index (χ1) is 15.9. The number of ether oxygens (including phenoxy) is 3. The molecule has 170 valence electrons. The van der Waals surface area contributed by atoms with Crippen LogP contribution in [0.5, 0.6) is 11.5 Å². The first kappa shape index (κ1) is 21.8. The van der Waals surface area contributed by atoms with Crippen molar-refractivity contribution in [3.05, 3.63) is 59.9 Å². The largest absolute Gasteiger partial charge is 0.486 e. The Morgan fingerprint density at radius 1 is 1.06 bits per heavy atom. The molecular weight excluding hydrogens is 430 g/mol. The van der Waals surface area contributed by atoms with Crippen LogP contribution < -0.4 is 20.1 Å². The highest BCUT2D eigenvalue weighted by molar-refractivity contribution is 6.03. The molecule has 2 heterocycles. The van der Waals surface area contributed by atoms with Crippen LogP contribution in [-0.2, 0) is 9.53 Å². The van der Waals surface area contributed by atoms with Gasteiger partial charge in [-0.25, -0.2) is 14.3 Å². The maximum atomic E-state index is 12.6. The molecule has 1 unspecified atom stereocenters. The van der Waals surface area contributed by atoms with E-state index in [2.05, 4.69) is 20.9 Å². The highest BCUT2D eigenvalue weighted by atomic mass is 16.6. The van der Waals surface area contributed by atoms with Crippen LogP contribution in [0.15, 0.2) is 48.5 Å². The Bertz CT molecular complexity index is 1190. The van der Waals surface area contributed by atoms with Crippen molar-refractivity contribution in [3.63, 3.8) is 0 Å². The molecule has 2 aromatic carbocycles. The van der Waals surface area contributed by atoms with Gasteiger partial charge in [0.05, 0.1) is 11.4 Å². The number of imide groups is 1. The van der Waals surface area contributed by atoms with Crippen LogP contribution >= 0.6 is 0 Å². The van der Waals surface area contributed by atoms with Crippen LogP contribution in [0.4, 0.5) is 10.5 Å². The standard InChI is InChI=1S/C22H21N5O6/c1-13-19(25-26-27(13)16-8-9-17-18(12-16)32-11-10-31-17)21(29)33-14(2)20(28)24-22(30)23-15-6-4-3-5-7-15/h3-9,12,14H,10-11H2,1-2H3,(H2,23,24,28,30). The van der Waals surface area contributed by atoms with Gasteiger partial charge in [0.25, 0.3) is 5.91 Å². The van der Waals surface area contributed by atoms with Gasteiger partial charge in [0.2, 0.25) is 0 Å². The van der Waals surface area contributed by atoms with Crippen LogP contribution in [0.1, 0.15) is 23.1 Å². The molecule has 0 saturated carbocycles. The summed E-state index contributed by atoms with van der Waals surface area (Å²) in [6, 6.07) is 13.1. The number of aromatic nitrogens is 3. The minimum absolute atomic E-state index is 0.0572. The third-order valence-electron chi connectivity index (χ3n) is 4.78. The molecule has 0 saturated heterocycles. The van der Waals surface area contributed by atoms with Gasteiger partial charge in [-0.1, -0.05) is 23.4 Å². The van der Waals surface area contributed by atoms with Crippen molar-refractivity contribution >= 4 is 23.6 Å². The number of hydrogen-bond acceptors (Lipinski definition) is 8. The highest BCUT2D eigenvalue weighted by Gasteiger charge is 2.25. The molecule has 1 aromatic heterocycles. The number of para-hydroxylation sites is 1. The maximum Gasteiger partial charge on any atom is 0.361 e. The van der Waals surface area contributed by atoms with Crippen LogP contribution in [0, 0.1) is 6.92 Å². The lowest BCUT2D eigenvalue weighted by Gasteiger charge is -2.18. The van der Waals surface area contributed by atoms with Gasteiger partial charge in [-0.15, -0.1) is 5.10 Å². The smallest absolute Gasteiger partial charge is 0.361 e. The Hall–Kier alpha value is -4.41. The molecule has 0 bridgehead atoms. The SMILES string of the molecule is Cc1c(C(=O)OC(C)C(=O)NC(=O)Nc2ccccc2)nnn1-c1ccc2c(c1)OCCO2. The van der Waals surface area contributed by atoms with E-state index in [0.29, 0.717) is 41.8 Å². The summed E-state index contributed by atoms with van der Waals surface area (Å²) in [7, 11) is 0. The quantitative estimate of drug-likeness (QED) is 0.564. The van der Waals surface area contributed by atoms with Gasteiger partial charge in [0.1, 0.15) is 13.2 Å². The van der Waals surface area contributed by atoms with Gasteiger partial charge in [-0.2, -0.15) is 0 Å². The average Bonchev–Trinajstić information content (AvgIpc) is 3.20. The predicted octanol–water partition coefficient (Wildman–Crippen LogP) is 2.24. The lowest BCUT2D eigenvalue weighted by atomic mass is 10.2. The third kappa shape index (κ3) is 4.92. The monoisotopic (exact) mass is 451 g/mol. The molecule has 0 aliphatic carbocycles. The zero-order chi connectivity index (χ0) is 23.4. The molecule has 11 nitrogen and oxygen atoms in total. The molecule has 3 aromatic rings. The fraction of sp³-hybridized carbons (Fsp3) is 0.227. The topological polar surface area (TPSA) is 134 Å². The molecule has 0 radical (unpaired) electrons. The number of hydrogen-bond donors (Lipinski definition) is 2. The summed E-state index contributed by atoms with van der Waals surface area (Å²) in [5, 5.41) is 12.5. The molecule has 33 heavy (non-hydrogen) atoms. The van der Waals surface area contributed by atoms with Gasteiger partial charge in [0.15, 0.2) is 23.3 Å². The van der Waals surface area contributed by atoms with Crippen LogP contribution in [0.25, 0.3) is 5.69 Å². The number of amides is 3. The van der Waals surface area contributed by atoms with Crippen LogP contribution in [-0.4, -0.2) is 52.2 Å². The van der Waals surface area contributed by atoms with Gasteiger partial charge in [-0.3, -0.25) is 10.1 Å². The second kappa shape index (κ2) is 9.39. The van der Waals surface area contributed by atoms with Gasteiger partial charge in [0, 0.05) is 11.8 Å². The Balaban J connectivity index is 1.39. The van der Waals surface area contributed by atoms with Crippen molar-refractivity contribution in [2.24, 2.45) is 0 Å². The van der Waals surface area contributed by atoms with E-state index >= 15 is 0 Å². The summed E-state index contributed by atoms with van der Waals surface area (Å²) in [5.41, 5.74) is 1.48. The third-order valence-corrected chi connectivity index (χ3v) is 4.78. The van der Waals surface area contributed by atoms with Crippen molar-refractivity contribution < 1.29 is 28.6 Å². The van der Waals surface area contributed by atoms with E-state index in [0.717, 1.165) is 0 Å². The molecule has 3 amide bonds. The van der Waals surface area contributed by atoms with E-state index in [1.807, 2.05) is 0 Å². The Morgan fingerprint density at radius 3 is 2.55 bits per heavy atom. The van der Waals surface area contributed by atoms with E-state index in [1.54, 1.807) is 55.5 Å². The van der Waals surface area contributed by atoms with Crippen molar-refractivity contribution in [3.8, 4) is 17.2 Å². The van der Waals surface area contributed by atoms with E-state index in [9.17, 15) is 14.4 Å². The molecule has 1 atom stereocenters. The van der Waals surface area contributed by atoms with Gasteiger partial charge >= 0.3 is 12.0 Å². The molecule has 1 aliphatic heterocycles. The number of nitrogens with one attached hydrogen (secondary N) is 2. The molecule has 2 N–H and O–H groups in total. The number of anilines is 1. The Labute approximate surface area is 188 Å². The molecule has 11 heteroatoms. The van der Waals surface area contributed by atoms with Crippen molar-refractivity contribution in [1.82, 2.24) is 20.3 Å². The van der Waals surface area contributed by atoms with E-state index in [4.69, 9.17) is 14.2 Å². The van der Waals surface area contributed by atoms with Crippen molar-refractivity contribution in [2.45, 2.75) is 20.0 Å². The first-order valence-corrected chi connectivity index (χ1v) is 10.1. The molecular formula is C22H21N5O6. The maximum absolute atomic E-state index is 12.6. The summed E-state index contributed by atoms with van der Waals surface area (Å²) in [4.78, 5) is 36.8. The summed E-state index contributed by atoms with van der Waals surface area (Å²) in [6.45, 7) is 3.91. The number of fused-ring (bicyclic) bond motifs is 1. The minimum Gasteiger partial charge on any atom is -0.486 e. The van der Waals surface area contributed by atoms with Gasteiger partial charge in [-0.05, 0) is 38.1 Å². The lowest BCUT2D eigenvalue weighted by molar-refractivity contribution is -0.127. The molecule has 0 fully saturated rings. The van der Waals surface area contributed by atoms with Gasteiger partial charge < -0.3 is 19.5 Å². The second-order valence-corrected chi connectivity index (χ2v) is 7.12. The van der Waals surface area contributed by atoms with E-state index < -0.39 is 24.0 Å².